The van der Waals surface area contributed by atoms with Gasteiger partial charge in [-0.05, 0) is 28.1 Å². The standard InChI is InChI=1S/C13H15BrN4O3S/c1-18-8-12(16-9-18)22(20,21)17-7-6-15-13(19)10-4-2-3-5-11(10)14/h2-5,8-9,17H,6-7H2,1H3,(H,15,19). The van der Waals surface area contributed by atoms with Gasteiger partial charge in [0, 0.05) is 30.8 Å². The number of aromatic nitrogens is 2. The predicted octanol–water partition coefficient (Wildman–Crippen LogP) is 0.891. The van der Waals surface area contributed by atoms with Gasteiger partial charge >= 0.3 is 0 Å². The van der Waals surface area contributed by atoms with Crippen LogP contribution in [0.4, 0.5) is 0 Å². The summed E-state index contributed by atoms with van der Waals surface area (Å²) in [6.07, 6.45) is 2.81. The van der Waals surface area contributed by atoms with Crippen LogP contribution in [0.3, 0.4) is 0 Å². The average Bonchev–Trinajstić information content (AvgIpc) is 2.91. The Morgan fingerprint density at radius 2 is 2.05 bits per heavy atom. The number of nitrogens with one attached hydrogen (secondary N) is 2. The van der Waals surface area contributed by atoms with E-state index in [4.69, 9.17) is 0 Å². The van der Waals surface area contributed by atoms with Gasteiger partial charge in [-0.1, -0.05) is 12.1 Å². The smallest absolute Gasteiger partial charge is 0.259 e. The number of rotatable bonds is 6. The summed E-state index contributed by atoms with van der Waals surface area (Å²) in [6, 6.07) is 7.00. The predicted molar refractivity (Wildman–Crippen MR) is 84.9 cm³/mol. The maximum atomic E-state index is 11.9. The molecule has 0 saturated carbocycles. The molecule has 0 unspecified atom stereocenters. The quantitative estimate of drug-likeness (QED) is 0.720. The van der Waals surface area contributed by atoms with Crippen molar-refractivity contribution in [3.8, 4) is 0 Å². The molecule has 22 heavy (non-hydrogen) atoms. The first kappa shape index (κ1) is 16.7. The molecule has 2 rings (SSSR count). The number of halogens is 1. The van der Waals surface area contributed by atoms with Gasteiger partial charge < -0.3 is 9.88 Å². The van der Waals surface area contributed by atoms with Gasteiger partial charge in [-0.3, -0.25) is 4.79 Å². The number of nitrogens with zero attached hydrogens (tertiary/aromatic N) is 2. The molecule has 0 aliphatic heterocycles. The van der Waals surface area contributed by atoms with Crippen LogP contribution in [0.1, 0.15) is 10.4 Å². The number of benzene rings is 1. The van der Waals surface area contributed by atoms with Gasteiger partial charge in [-0.15, -0.1) is 0 Å². The Labute approximate surface area is 136 Å². The Balaban J connectivity index is 1.85. The van der Waals surface area contributed by atoms with E-state index >= 15 is 0 Å². The molecule has 118 valence electrons. The lowest BCUT2D eigenvalue weighted by Crippen LogP contribution is -2.34. The van der Waals surface area contributed by atoms with E-state index in [9.17, 15) is 13.2 Å². The second-order valence-corrected chi connectivity index (χ2v) is 7.08. The van der Waals surface area contributed by atoms with Crippen LogP contribution in [-0.2, 0) is 17.1 Å². The zero-order chi connectivity index (χ0) is 16.2. The van der Waals surface area contributed by atoms with Crippen molar-refractivity contribution in [2.24, 2.45) is 7.05 Å². The summed E-state index contributed by atoms with van der Waals surface area (Å²) in [4.78, 5) is 15.7. The molecule has 0 aliphatic carbocycles. The van der Waals surface area contributed by atoms with Crippen molar-refractivity contribution in [3.05, 3.63) is 46.8 Å². The van der Waals surface area contributed by atoms with E-state index in [0.717, 1.165) is 0 Å². The van der Waals surface area contributed by atoms with Crippen LogP contribution >= 0.6 is 15.9 Å². The second-order valence-electron chi connectivity index (χ2n) is 4.51. The van der Waals surface area contributed by atoms with Crippen molar-refractivity contribution in [2.45, 2.75) is 5.03 Å². The van der Waals surface area contributed by atoms with Crippen molar-refractivity contribution in [1.82, 2.24) is 19.6 Å². The van der Waals surface area contributed by atoms with Gasteiger partial charge in [0.2, 0.25) is 0 Å². The highest BCUT2D eigenvalue weighted by molar-refractivity contribution is 9.10. The fourth-order valence-electron chi connectivity index (χ4n) is 1.70. The minimum atomic E-state index is -3.65. The number of aryl methyl sites for hydroxylation is 1. The van der Waals surface area contributed by atoms with Crippen molar-refractivity contribution < 1.29 is 13.2 Å². The van der Waals surface area contributed by atoms with Crippen LogP contribution in [0.15, 0.2) is 46.3 Å². The summed E-state index contributed by atoms with van der Waals surface area (Å²) >= 11 is 3.29. The third kappa shape index (κ3) is 4.15. The molecule has 0 aliphatic rings. The molecule has 0 radical (unpaired) electrons. The molecule has 0 atom stereocenters. The van der Waals surface area contributed by atoms with E-state index in [0.29, 0.717) is 10.0 Å². The topological polar surface area (TPSA) is 93.1 Å². The number of imidazole rings is 1. The molecule has 1 amide bonds. The minimum absolute atomic E-state index is 0.0490. The highest BCUT2D eigenvalue weighted by Gasteiger charge is 2.16. The number of amides is 1. The van der Waals surface area contributed by atoms with Crippen LogP contribution in [-0.4, -0.2) is 37.0 Å². The maximum absolute atomic E-state index is 11.9. The molecule has 0 bridgehead atoms. The minimum Gasteiger partial charge on any atom is -0.351 e. The highest BCUT2D eigenvalue weighted by Crippen LogP contribution is 2.15. The average molecular weight is 387 g/mol. The van der Waals surface area contributed by atoms with E-state index in [1.807, 2.05) is 6.07 Å². The Kier molecular flexibility index (Phi) is 5.33. The van der Waals surface area contributed by atoms with E-state index < -0.39 is 10.0 Å². The Hall–Kier alpha value is -1.71. The first-order valence-electron chi connectivity index (χ1n) is 6.40. The van der Waals surface area contributed by atoms with Crippen LogP contribution in [0.5, 0.6) is 0 Å². The maximum Gasteiger partial charge on any atom is 0.259 e. The first-order valence-corrected chi connectivity index (χ1v) is 8.68. The van der Waals surface area contributed by atoms with Crippen LogP contribution < -0.4 is 10.0 Å². The Morgan fingerprint density at radius 1 is 1.32 bits per heavy atom. The third-order valence-corrected chi connectivity index (χ3v) is 4.81. The molecular formula is C13H15BrN4O3S. The molecule has 2 N–H and O–H groups in total. The zero-order valence-electron chi connectivity index (χ0n) is 11.8. The SMILES string of the molecule is Cn1cnc(S(=O)(=O)NCCNC(=O)c2ccccc2Br)c1. The third-order valence-electron chi connectivity index (χ3n) is 2.78. The highest BCUT2D eigenvalue weighted by atomic mass is 79.9. The van der Waals surface area contributed by atoms with Gasteiger partial charge in [0.1, 0.15) is 0 Å². The monoisotopic (exact) mass is 386 g/mol. The fourth-order valence-corrected chi connectivity index (χ4v) is 3.18. The van der Waals surface area contributed by atoms with Crippen LogP contribution in [0.2, 0.25) is 0 Å². The van der Waals surface area contributed by atoms with E-state index in [-0.39, 0.29) is 24.0 Å². The molecule has 1 aromatic carbocycles. The lowest BCUT2D eigenvalue weighted by molar-refractivity contribution is 0.0953. The number of carbonyl (C=O) groups is 1. The van der Waals surface area contributed by atoms with E-state index in [1.54, 1.807) is 29.8 Å². The fraction of sp³-hybridized carbons (Fsp3) is 0.231. The first-order chi connectivity index (χ1) is 10.4. The normalized spacial score (nSPS) is 11.4. The summed E-state index contributed by atoms with van der Waals surface area (Å²) in [6.45, 7) is 0.251. The van der Waals surface area contributed by atoms with Crippen molar-refractivity contribution in [3.63, 3.8) is 0 Å². The van der Waals surface area contributed by atoms with Crippen molar-refractivity contribution in [1.29, 1.82) is 0 Å². The van der Waals surface area contributed by atoms with Gasteiger partial charge in [0.05, 0.1) is 11.9 Å². The summed E-state index contributed by atoms with van der Waals surface area (Å²) in [5, 5.41) is 2.60. The summed E-state index contributed by atoms with van der Waals surface area (Å²) in [5.74, 6) is -0.274. The molecule has 2 aromatic rings. The molecule has 1 aromatic heterocycles. The van der Waals surface area contributed by atoms with E-state index in [2.05, 4.69) is 31.0 Å². The number of hydrogen-bond acceptors (Lipinski definition) is 4. The molecule has 0 spiro atoms. The summed E-state index contributed by atoms with van der Waals surface area (Å²) < 4.78 is 28.4. The number of sulfonamides is 1. The summed E-state index contributed by atoms with van der Waals surface area (Å²) in [5.41, 5.74) is 0.495. The zero-order valence-corrected chi connectivity index (χ0v) is 14.2. The molecule has 9 heteroatoms. The van der Waals surface area contributed by atoms with E-state index in [1.165, 1.54) is 12.5 Å². The molecule has 1 heterocycles. The number of carbonyl (C=O) groups excluding carboxylic acids is 1. The molecular weight excluding hydrogens is 372 g/mol. The van der Waals surface area contributed by atoms with Crippen LogP contribution in [0.25, 0.3) is 0 Å². The lowest BCUT2D eigenvalue weighted by Gasteiger charge is -2.07. The van der Waals surface area contributed by atoms with Crippen LogP contribution in [0, 0.1) is 0 Å². The van der Waals surface area contributed by atoms with Crippen molar-refractivity contribution >= 4 is 31.9 Å². The lowest BCUT2D eigenvalue weighted by atomic mass is 10.2. The van der Waals surface area contributed by atoms with Gasteiger partial charge in [0.15, 0.2) is 5.03 Å². The second kappa shape index (κ2) is 7.03. The van der Waals surface area contributed by atoms with Gasteiger partial charge in [-0.2, -0.15) is 0 Å². The van der Waals surface area contributed by atoms with Gasteiger partial charge in [0.25, 0.3) is 15.9 Å². The molecule has 0 fully saturated rings. The number of hydrogen-bond donors (Lipinski definition) is 2. The van der Waals surface area contributed by atoms with Gasteiger partial charge in [-0.25, -0.2) is 18.1 Å². The molecule has 7 nitrogen and oxygen atoms in total. The summed E-state index contributed by atoms with van der Waals surface area (Å²) in [7, 11) is -1.97. The molecule has 0 saturated heterocycles. The van der Waals surface area contributed by atoms with Crippen molar-refractivity contribution in [2.75, 3.05) is 13.1 Å². The largest absolute Gasteiger partial charge is 0.351 e. The Morgan fingerprint density at radius 3 is 2.68 bits per heavy atom. The Bertz CT molecular complexity index is 773.